The van der Waals surface area contributed by atoms with Crippen molar-refractivity contribution in [1.29, 1.82) is 0 Å². The van der Waals surface area contributed by atoms with Crippen molar-refractivity contribution in [3.8, 4) is 17.2 Å². The van der Waals surface area contributed by atoms with Gasteiger partial charge in [-0.1, -0.05) is 49.7 Å². The van der Waals surface area contributed by atoms with E-state index in [0.717, 1.165) is 18.4 Å². The Kier molecular flexibility index (Phi) is 8.13. The van der Waals surface area contributed by atoms with Crippen LogP contribution in [0.25, 0.3) is 5.76 Å². The molecule has 4 rings (SSSR count). The van der Waals surface area contributed by atoms with Gasteiger partial charge in [0.25, 0.3) is 11.7 Å². The topological polar surface area (TPSA) is 85.3 Å². The molecule has 3 aromatic rings. The summed E-state index contributed by atoms with van der Waals surface area (Å²) in [5, 5.41) is 11.3. The Balaban J connectivity index is 1.82. The van der Waals surface area contributed by atoms with Crippen LogP contribution in [0.4, 0.5) is 0 Å². The van der Waals surface area contributed by atoms with Crippen molar-refractivity contribution in [3.63, 3.8) is 0 Å². The SMILES string of the molecule is CCCCOc1ccc(C2C(=C(O)c3ccc(OC)cc3)C(=O)C(=O)N2Cc2ccccc2)cc1OC. The van der Waals surface area contributed by atoms with Crippen molar-refractivity contribution < 1.29 is 28.9 Å². The van der Waals surface area contributed by atoms with Gasteiger partial charge in [0.05, 0.1) is 32.4 Å². The Morgan fingerprint density at radius 3 is 2.30 bits per heavy atom. The number of benzene rings is 3. The summed E-state index contributed by atoms with van der Waals surface area (Å²) in [4.78, 5) is 28.1. The van der Waals surface area contributed by atoms with Gasteiger partial charge < -0.3 is 24.2 Å². The lowest BCUT2D eigenvalue weighted by atomic mass is 9.94. The minimum Gasteiger partial charge on any atom is -0.507 e. The standard InChI is InChI=1S/C30H31NO6/c1-4-5-17-37-24-16-13-22(18-25(24)36-3)27-26(28(32)21-11-14-23(35-2)15-12-21)29(33)30(34)31(27)19-20-9-7-6-8-10-20/h6-16,18,27,32H,4-5,17,19H2,1-3H3. The molecular weight excluding hydrogens is 470 g/mol. The third kappa shape index (κ3) is 5.45. The predicted octanol–water partition coefficient (Wildman–Crippen LogP) is 5.50. The van der Waals surface area contributed by atoms with Crippen LogP contribution in [0.3, 0.4) is 0 Å². The Bertz CT molecular complexity index is 1280. The van der Waals surface area contributed by atoms with Gasteiger partial charge in [0.2, 0.25) is 0 Å². The molecule has 0 bridgehead atoms. The summed E-state index contributed by atoms with van der Waals surface area (Å²) < 4.78 is 16.7. The number of rotatable bonds is 10. The number of aliphatic hydroxyl groups is 1. The molecule has 192 valence electrons. The van der Waals surface area contributed by atoms with Crippen LogP contribution in [0.1, 0.15) is 42.5 Å². The van der Waals surface area contributed by atoms with Crippen LogP contribution in [0.2, 0.25) is 0 Å². The number of aliphatic hydroxyl groups excluding tert-OH is 1. The summed E-state index contributed by atoms with van der Waals surface area (Å²) in [6.07, 6.45) is 1.91. The van der Waals surface area contributed by atoms with Crippen molar-refractivity contribution >= 4 is 17.4 Å². The normalized spacial score (nSPS) is 16.6. The molecule has 0 spiro atoms. The summed E-state index contributed by atoms with van der Waals surface area (Å²) in [6.45, 7) is 2.84. The molecule has 1 atom stereocenters. The van der Waals surface area contributed by atoms with Crippen molar-refractivity contribution in [1.82, 2.24) is 4.90 Å². The molecule has 1 saturated heterocycles. The van der Waals surface area contributed by atoms with Crippen LogP contribution in [-0.4, -0.2) is 42.5 Å². The second-order valence-corrected chi connectivity index (χ2v) is 8.75. The van der Waals surface area contributed by atoms with E-state index in [2.05, 4.69) is 6.92 Å². The van der Waals surface area contributed by atoms with Crippen LogP contribution < -0.4 is 14.2 Å². The number of methoxy groups -OCH3 is 2. The number of ether oxygens (including phenoxy) is 3. The summed E-state index contributed by atoms with van der Waals surface area (Å²) in [6, 6.07) is 20.6. The van der Waals surface area contributed by atoms with E-state index in [1.807, 2.05) is 30.3 Å². The molecule has 0 radical (unpaired) electrons. The van der Waals surface area contributed by atoms with Crippen LogP contribution >= 0.6 is 0 Å². The Labute approximate surface area is 216 Å². The van der Waals surface area contributed by atoms with Gasteiger partial charge in [0.1, 0.15) is 11.5 Å². The summed E-state index contributed by atoms with van der Waals surface area (Å²) in [5.41, 5.74) is 1.93. The summed E-state index contributed by atoms with van der Waals surface area (Å²) in [5.74, 6) is 0.0192. The molecule has 1 amide bonds. The molecule has 7 nitrogen and oxygen atoms in total. The maximum atomic E-state index is 13.3. The fourth-order valence-electron chi connectivity index (χ4n) is 4.37. The second-order valence-electron chi connectivity index (χ2n) is 8.75. The molecule has 1 aliphatic rings. The number of hydrogen-bond acceptors (Lipinski definition) is 6. The number of amides is 1. The third-order valence-electron chi connectivity index (χ3n) is 6.36. The zero-order valence-electron chi connectivity index (χ0n) is 21.3. The molecular formula is C30H31NO6. The number of likely N-dealkylation sites (tertiary alicyclic amines) is 1. The highest BCUT2D eigenvalue weighted by Crippen LogP contribution is 2.42. The van der Waals surface area contributed by atoms with E-state index in [-0.39, 0.29) is 17.9 Å². The summed E-state index contributed by atoms with van der Waals surface area (Å²) >= 11 is 0. The van der Waals surface area contributed by atoms with Crippen molar-refractivity contribution in [2.45, 2.75) is 32.4 Å². The van der Waals surface area contributed by atoms with E-state index in [4.69, 9.17) is 14.2 Å². The van der Waals surface area contributed by atoms with Gasteiger partial charge in [-0.2, -0.15) is 0 Å². The molecule has 1 heterocycles. The Morgan fingerprint density at radius 1 is 0.919 bits per heavy atom. The lowest BCUT2D eigenvalue weighted by Gasteiger charge is -2.26. The molecule has 1 fully saturated rings. The van der Waals surface area contributed by atoms with Gasteiger partial charge in [-0.25, -0.2) is 0 Å². The quantitative estimate of drug-likeness (QED) is 0.171. The molecule has 1 N–H and O–H groups in total. The van der Waals surface area contributed by atoms with Crippen LogP contribution in [0.5, 0.6) is 17.2 Å². The number of carbonyl (C=O) groups is 2. The lowest BCUT2D eigenvalue weighted by molar-refractivity contribution is -0.140. The Morgan fingerprint density at radius 2 is 1.65 bits per heavy atom. The number of Topliss-reactive ketones (excluding diaryl/α,β-unsaturated/α-hetero) is 1. The minimum absolute atomic E-state index is 0.0211. The second kappa shape index (κ2) is 11.6. The highest BCUT2D eigenvalue weighted by Gasteiger charge is 2.46. The molecule has 7 heteroatoms. The zero-order valence-corrected chi connectivity index (χ0v) is 21.3. The van der Waals surface area contributed by atoms with Crippen LogP contribution in [-0.2, 0) is 16.1 Å². The fraction of sp³-hybridized carbons (Fsp3) is 0.267. The molecule has 0 aromatic heterocycles. The van der Waals surface area contributed by atoms with Crippen molar-refractivity contribution in [2.24, 2.45) is 0 Å². The van der Waals surface area contributed by atoms with Crippen LogP contribution in [0, 0.1) is 0 Å². The average molecular weight is 502 g/mol. The van der Waals surface area contributed by atoms with Crippen LogP contribution in [0.15, 0.2) is 78.4 Å². The summed E-state index contributed by atoms with van der Waals surface area (Å²) in [7, 11) is 3.09. The fourth-order valence-corrected chi connectivity index (χ4v) is 4.37. The highest BCUT2D eigenvalue weighted by atomic mass is 16.5. The Hall–Kier alpha value is -4.26. The van der Waals surface area contributed by atoms with E-state index in [9.17, 15) is 14.7 Å². The third-order valence-corrected chi connectivity index (χ3v) is 6.36. The van der Waals surface area contributed by atoms with Gasteiger partial charge in [0, 0.05) is 12.1 Å². The van der Waals surface area contributed by atoms with Gasteiger partial charge >= 0.3 is 0 Å². The maximum Gasteiger partial charge on any atom is 0.295 e. The number of nitrogens with zero attached hydrogens (tertiary/aromatic N) is 1. The highest BCUT2D eigenvalue weighted by molar-refractivity contribution is 6.46. The molecule has 0 saturated carbocycles. The van der Waals surface area contributed by atoms with Crippen molar-refractivity contribution in [3.05, 3.63) is 95.1 Å². The largest absolute Gasteiger partial charge is 0.507 e. The number of hydrogen-bond donors (Lipinski definition) is 1. The molecule has 1 aliphatic heterocycles. The molecule has 3 aromatic carbocycles. The smallest absolute Gasteiger partial charge is 0.295 e. The number of unbranched alkanes of at least 4 members (excludes halogenated alkanes) is 1. The van der Waals surface area contributed by atoms with E-state index in [1.165, 1.54) is 4.90 Å². The molecule has 37 heavy (non-hydrogen) atoms. The molecule has 1 unspecified atom stereocenters. The van der Waals surface area contributed by atoms with E-state index < -0.39 is 17.7 Å². The predicted molar refractivity (Wildman–Crippen MR) is 141 cm³/mol. The average Bonchev–Trinajstić information content (AvgIpc) is 3.18. The number of ketones is 1. The first-order chi connectivity index (χ1) is 18.0. The lowest BCUT2D eigenvalue weighted by Crippen LogP contribution is -2.29. The van der Waals surface area contributed by atoms with E-state index >= 15 is 0 Å². The first-order valence-electron chi connectivity index (χ1n) is 12.3. The van der Waals surface area contributed by atoms with Gasteiger partial charge in [0.15, 0.2) is 11.5 Å². The van der Waals surface area contributed by atoms with E-state index in [1.54, 1.807) is 56.7 Å². The number of carbonyl (C=O) groups excluding carboxylic acids is 2. The van der Waals surface area contributed by atoms with Gasteiger partial charge in [-0.05, 0) is 53.9 Å². The van der Waals surface area contributed by atoms with Crippen molar-refractivity contribution in [2.75, 3.05) is 20.8 Å². The minimum atomic E-state index is -0.819. The first kappa shape index (κ1) is 25.8. The first-order valence-corrected chi connectivity index (χ1v) is 12.3. The monoisotopic (exact) mass is 501 g/mol. The van der Waals surface area contributed by atoms with Gasteiger partial charge in [-0.3, -0.25) is 9.59 Å². The zero-order chi connectivity index (χ0) is 26.4. The van der Waals surface area contributed by atoms with Gasteiger partial charge in [-0.15, -0.1) is 0 Å². The van der Waals surface area contributed by atoms with E-state index in [0.29, 0.717) is 35.0 Å². The maximum absolute atomic E-state index is 13.3. The molecule has 0 aliphatic carbocycles.